The molecule has 1 fully saturated rings. The van der Waals surface area contributed by atoms with Gasteiger partial charge >= 0.3 is 5.97 Å². The molecule has 1 aliphatic rings. The van der Waals surface area contributed by atoms with E-state index in [1.54, 1.807) is 66.7 Å². The van der Waals surface area contributed by atoms with Gasteiger partial charge in [0, 0.05) is 5.02 Å². The molecular weight excluding hydrogens is 474 g/mol. The number of rotatable bonds is 6. The summed E-state index contributed by atoms with van der Waals surface area (Å²) in [6.45, 7) is 2.06. The van der Waals surface area contributed by atoms with Crippen LogP contribution in [-0.2, 0) is 11.3 Å². The Hall–Kier alpha value is -3.55. The number of esters is 1. The van der Waals surface area contributed by atoms with E-state index in [-0.39, 0.29) is 23.4 Å². The molecule has 0 unspecified atom stereocenters. The third-order valence-corrected chi connectivity index (χ3v) is 6.23. The van der Waals surface area contributed by atoms with E-state index < -0.39 is 5.97 Å². The van der Waals surface area contributed by atoms with Crippen molar-refractivity contribution in [1.82, 2.24) is 4.90 Å². The van der Waals surface area contributed by atoms with Crippen LogP contribution < -0.4 is 9.47 Å². The van der Waals surface area contributed by atoms with Gasteiger partial charge in [0.15, 0.2) is 11.5 Å². The summed E-state index contributed by atoms with van der Waals surface area (Å²) < 4.78 is 10.9. The zero-order chi connectivity index (χ0) is 24.2. The van der Waals surface area contributed by atoms with Gasteiger partial charge in [-0.2, -0.15) is 0 Å². The number of hydrogen-bond donors (Lipinski definition) is 0. The van der Waals surface area contributed by atoms with Crippen LogP contribution in [-0.4, -0.2) is 29.1 Å². The number of hydrogen-bond acceptors (Lipinski definition) is 6. The van der Waals surface area contributed by atoms with Crippen molar-refractivity contribution < 1.29 is 23.9 Å². The Bertz CT molecular complexity index is 1300. The van der Waals surface area contributed by atoms with Crippen molar-refractivity contribution in [3.05, 3.63) is 98.9 Å². The highest BCUT2D eigenvalue weighted by Crippen LogP contribution is 2.35. The Labute approximate surface area is 206 Å². The molecule has 0 aliphatic carbocycles. The Morgan fingerprint density at radius 2 is 1.79 bits per heavy atom. The van der Waals surface area contributed by atoms with Gasteiger partial charge in [0.25, 0.3) is 11.1 Å². The van der Waals surface area contributed by atoms with Crippen LogP contribution in [0.3, 0.4) is 0 Å². The Balaban J connectivity index is 1.51. The summed E-state index contributed by atoms with van der Waals surface area (Å²) in [4.78, 5) is 39.2. The molecule has 8 heteroatoms. The molecule has 0 aromatic heterocycles. The number of thioether (sulfide) groups is 1. The van der Waals surface area contributed by atoms with Crippen molar-refractivity contribution in [2.75, 3.05) is 7.11 Å². The molecule has 0 spiro atoms. The summed E-state index contributed by atoms with van der Waals surface area (Å²) in [6.07, 6.45) is 1.61. The van der Waals surface area contributed by atoms with Crippen molar-refractivity contribution in [3.63, 3.8) is 0 Å². The van der Waals surface area contributed by atoms with E-state index in [1.807, 2.05) is 13.0 Å². The zero-order valence-corrected chi connectivity index (χ0v) is 20.0. The second-order valence-corrected chi connectivity index (χ2v) is 8.99. The topological polar surface area (TPSA) is 72.9 Å². The van der Waals surface area contributed by atoms with Crippen molar-refractivity contribution in [2.45, 2.75) is 13.5 Å². The fraction of sp³-hybridized carbons (Fsp3) is 0.115. The predicted molar refractivity (Wildman–Crippen MR) is 132 cm³/mol. The van der Waals surface area contributed by atoms with Crippen LogP contribution in [0.4, 0.5) is 4.79 Å². The van der Waals surface area contributed by atoms with E-state index in [2.05, 4.69) is 0 Å². The van der Waals surface area contributed by atoms with Crippen LogP contribution in [0.15, 0.2) is 71.6 Å². The smallest absolute Gasteiger partial charge is 0.343 e. The number of nitrogens with zero attached hydrogens (tertiary/aromatic N) is 1. The van der Waals surface area contributed by atoms with Gasteiger partial charge < -0.3 is 9.47 Å². The van der Waals surface area contributed by atoms with Gasteiger partial charge in [0.2, 0.25) is 0 Å². The van der Waals surface area contributed by atoms with E-state index in [1.165, 1.54) is 12.0 Å². The summed E-state index contributed by atoms with van der Waals surface area (Å²) in [5.41, 5.74) is 2.81. The SMILES string of the molecule is COc1cc(/C=C2\SC(=O)N(Cc3ccc(Cl)cc3)C2=O)ccc1OC(=O)c1cccc(C)c1. The van der Waals surface area contributed by atoms with Crippen molar-refractivity contribution in [1.29, 1.82) is 0 Å². The molecule has 0 atom stereocenters. The van der Waals surface area contributed by atoms with Gasteiger partial charge in [-0.1, -0.05) is 47.5 Å². The molecular formula is C26H20ClNO5S. The fourth-order valence-corrected chi connectivity index (χ4v) is 4.31. The van der Waals surface area contributed by atoms with E-state index >= 15 is 0 Å². The number of halogens is 1. The molecule has 1 aliphatic heterocycles. The van der Waals surface area contributed by atoms with Crippen molar-refractivity contribution in [2.24, 2.45) is 0 Å². The predicted octanol–water partition coefficient (Wildman–Crippen LogP) is 6.11. The third kappa shape index (κ3) is 5.32. The first-order valence-electron chi connectivity index (χ1n) is 10.3. The molecule has 1 saturated heterocycles. The molecule has 1 heterocycles. The van der Waals surface area contributed by atoms with Crippen LogP contribution in [0.2, 0.25) is 5.02 Å². The molecule has 34 heavy (non-hydrogen) atoms. The first-order chi connectivity index (χ1) is 16.3. The monoisotopic (exact) mass is 493 g/mol. The van der Waals surface area contributed by atoms with Gasteiger partial charge in [0.1, 0.15) is 0 Å². The van der Waals surface area contributed by atoms with Gasteiger partial charge in [-0.15, -0.1) is 0 Å². The van der Waals surface area contributed by atoms with Crippen LogP contribution in [0.25, 0.3) is 6.08 Å². The number of ether oxygens (including phenoxy) is 2. The zero-order valence-electron chi connectivity index (χ0n) is 18.4. The Morgan fingerprint density at radius 3 is 2.50 bits per heavy atom. The van der Waals surface area contributed by atoms with E-state index in [0.717, 1.165) is 22.9 Å². The number of benzene rings is 3. The lowest BCUT2D eigenvalue weighted by atomic mass is 10.1. The lowest BCUT2D eigenvalue weighted by Gasteiger charge is -2.12. The molecule has 0 bridgehead atoms. The summed E-state index contributed by atoms with van der Waals surface area (Å²) >= 11 is 6.77. The van der Waals surface area contributed by atoms with E-state index in [0.29, 0.717) is 26.8 Å². The fourth-order valence-electron chi connectivity index (χ4n) is 3.35. The molecule has 3 aromatic carbocycles. The third-order valence-electron chi connectivity index (χ3n) is 5.07. The molecule has 6 nitrogen and oxygen atoms in total. The van der Waals surface area contributed by atoms with Crippen molar-refractivity contribution >= 4 is 46.6 Å². The van der Waals surface area contributed by atoms with Crippen molar-refractivity contribution in [3.8, 4) is 11.5 Å². The maximum atomic E-state index is 12.8. The Kier molecular flexibility index (Phi) is 7.05. The number of amides is 2. The lowest BCUT2D eigenvalue weighted by molar-refractivity contribution is -0.123. The van der Waals surface area contributed by atoms with E-state index in [4.69, 9.17) is 21.1 Å². The second kappa shape index (κ2) is 10.2. The minimum Gasteiger partial charge on any atom is -0.493 e. The lowest BCUT2D eigenvalue weighted by Crippen LogP contribution is -2.27. The number of carbonyl (C=O) groups is 3. The number of imide groups is 1. The maximum absolute atomic E-state index is 12.8. The molecule has 0 radical (unpaired) electrons. The first-order valence-corrected chi connectivity index (χ1v) is 11.5. The molecule has 0 N–H and O–H groups in total. The van der Waals surface area contributed by atoms with Gasteiger partial charge in [-0.3, -0.25) is 14.5 Å². The summed E-state index contributed by atoms with van der Waals surface area (Å²) in [7, 11) is 1.46. The Morgan fingerprint density at radius 1 is 1.03 bits per heavy atom. The standard InChI is InChI=1S/C26H20ClNO5S/c1-16-4-3-5-19(12-16)25(30)33-21-11-8-18(13-22(21)32-2)14-23-24(29)28(26(31)34-23)15-17-6-9-20(27)10-7-17/h3-14H,15H2,1-2H3/b23-14-. The van der Waals surface area contributed by atoms with Crippen LogP contribution in [0, 0.1) is 6.92 Å². The van der Waals surface area contributed by atoms with Crippen LogP contribution >= 0.6 is 23.4 Å². The molecule has 4 rings (SSSR count). The number of carbonyl (C=O) groups excluding carboxylic acids is 3. The first kappa shape index (κ1) is 23.6. The largest absolute Gasteiger partial charge is 0.493 e. The van der Waals surface area contributed by atoms with Crippen LogP contribution in [0.1, 0.15) is 27.0 Å². The molecule has 2 amide bonds. The summed E-state index contributed by atoms with van der Waals surface area (Å²) in [5, 5.41) is 0.238. The highest BCUT2D eigenvalue weighted by atomic mass is 35.5. The minimum absolute atomic E-state index is 0.163. The summed E-state index contributed by atoms with van der Waals surface area (Å²) in [6, 6.07) is 19.0. The van der Waals surface area contributed by atoms with E-state index in [9.17, 15) is 14.4 Å². The second-order valence-electron chi connectivity index (χ2n) is 7.56. The molecule has 0 saturated carbocycles. The highest BCUT2D eigenvalue weighted by molar-refractivity contribution is 8.18. The molecule has 172 valence electrons. The minimum atomic E-state index is -0.502. The van der Waals surface area contributed by atoms with Gasteiger partial charge in [0.05, 0.1) is 24.1 Å². The summed E-state index contributed by atoms with van der Waals surface area (Å²) in [5.74, 6) is -0.297. The van der Waals surface area contributed by atoms with Gasteiger partial charge in [-0.05, 0) is 72.3 Å². The quantitative estimate of drug-likeness (QED) is 0.234. The number of aryl methyl sites for hydroxylation is 1. The highest BCUT2D eigenvalue weighted by Gasteiger charge is 2.35. The average Bonchev–Trinajstić information content (AvgIpc) is 3.08. The average molecular weight is 494 g/mol. The van der Waals surface area contributed by atoms with Crippen LogP contribution in [0.5, 0.6) is 11.5 Å². The van der Waals surface area contributed by atoms with Gasteiger partial charge in [-0.25, -0.2) is 4.79 Å². The molecule has 3 aromatic rings. The number of methoxy groups -OCH3 is 1. The maximum Gasteiger partial charge on any atom is 0.343 e. The normalized spacial score (nSPS) is 14.6.